The topological polar surface area (TPSA) is 76.7 Å². The summed E-state index contributed by atoms with van der Waals surface area (Å²) in [7, 11) is 0. The van der Waals surface area contributed by atoms with Crippen LogP contribution in [0.25, 0.3) is 0 Å². The van der Waals surface area contributed by atoms with E-state index in [2.05, 4.69) is 16.6 Å². The van der Waals surface area contributed by atoms with Crippen LogP contribution in [0.1, 0.15) is 50.2 Å². The van der Waals surface area contributed by atoms with Crippen LogP contribution in [0.5, 0.6) is 0 Å². The van der Waals surface area contributed by atoms with Crippen molar-refractivity contribution in [3.8, 4) is 0 Å². The third-order valence-electron chi connectivity index (χ3n) is 4.20. The number of esters is 1. The number of anilines is 1. The Hall–Kier alpha value is -2.04. The molecule has 0 spiro atoms. The SMILES string of the molecule is CCOC(=O)CNN=C(c1ccc(C)cc1N)C1CCCCC1. The zero-order valence-corrected chi connectivity index (χ0v) is 14.1. The van der Waals surface area contributed by atoms with Crippen LogP contribution in [-0.2, 0) is 9.53 Å². The molecular formula is C18H27N3O2. The van der Waals surface area contributed by atoms with Gasteiger partial charge in [-0.15, -0.1) is 0 Å². The van der Waals surface area contributed by atoms with E-state index in [1.165, 1.54) is 19.3 Å². The summed E-state index contributed by atoms with van der Waals surface area (Å²) in [4.78, 5) is 11.5. The lowest BCUT2D eigenvalue weighted by molar-refractivity contribution is -0.141. The first-order valence-corrected chi connectivity index (χ1v) is 8.44. The first kappa shape index (κ1) is 17.3. The summed E-state index contributed by atoms with van der Waals surface area (Å²) in [5.74, 6) is 0.0968. The molecule has 0 bridgehead atoms. The van der Waals surface area contributed by atoms with Crippen molar-refractivity contribution in [3.63, 3.8) is 0 Å². The summed E-state index contributed by atoms with van der Waals surface area (Å²) in [6.07, 6.45) is 5.95. The number of nitrogens with zero attached hydrogens (tertiary/aromatic N) is 1. The number of rotatable bonds is 6. The van der Waals surface area contributed by atoms with Crippen LogP contribution < -0.4 is 11.2 Å². The van der Waals surface area contributed by atoms with Crippen molar-refractivity contribution in [1.29, 1.82) is 0 Å². The molecule has 2 rings (SSSR count). The maximum absolute atomic E-state index is 11.5. The standard InChI is InChI=1S/C18H27N3O2/c1-3-23-17(22)12-20-21-18(14-7-5-4-6-8-14)15-10-9-13(2)11-16(15)19/h9-11,14,20H,3-8,12,19H2,1-2H3. The minimum atomic E-state index is -0.295. The zero-order chi connectivity index (χ0) is 16.7. The van der Waals surface area contributed by atoms with Crippen LogP contribution in [0.2, 0.25) is 0 Å². The van der Waals surface area contributed by atoms with E-state index in [1.54, 1.807) is 6.92 Å². The highest BCUT2D eigenvalue weighted by Gasteiger charge is 2.22. The van der Waals surface area contributed by atoms with Crippen molar-refractivity contribution >= 4 is 17.4 Å². The van der Waals surface area contributed by atoms with Gasteiger partial charge in [-0.25, -0.2) is 0 Å². The van der Waals surface area contributed by atoms with Gasteiger partial charge in [-0.05, 0) is 38.3 Å². The van der Waals surface area contributed by atoms with E-state index in [4.69, 9.17) is 10.5 Å². The summed E-state index contributed by atoms with van der Waals surface area (Å²) in [5, 5.41) is 4.52. The molecule has 0 radical (unpaired) electrons. The summed E-state index contributed by atoms with van der Waals surface area (Å²) >= 11 is 0. The first-order chi connectivity index (χ1) is 11.1. The molecule has 0 amide bonds. The molecule has 0 atom stereocenters. The lowest BCUT2D eigenvalue weighted by atomic mass is 9.83. The molecule has 1 saturated carbocycles. The van der Waals surface area contributed by atoms with Gasteiger partial charge in [0.25, 0.3) is 0 Å². The van der Waals surface area contributed by atoms with Crippen LogP contribution in [0.4, 0.5) is 5.69 Å². The zero-order valence-electron chi connectivity index (χ0n) is 14.1. The number of ether oxygens (including phenoxy) is 1. The molecule has 23 heavy (non-hydrogen) atoms. The Kier molecular flexibility index (Phi) is 6.44. The van der Waals surface area contributed by atoms with Gasteiger partial charge in [-0.1, -0.05) is 31.4 Å². The first-order valence-electron chi connectivity index (χ1n) is 8.44. The van der Waals surface area contributed by atoms with E-state index in [-0.39, 0.29) is 12.5 Å². The van der Waals surface area contributed by atoms with E-state index in [9.17, 15) is 4.79 Å². The monoisotopic (exact) mass is 317 g/mol. The van der Waals surface area contributed by atoms with Gasteiger partial charge in [-0.2, -0.15) is 5.10 Å². The van der Waals surface area contributed by atoms with E-state index >= 15 is 0 Å². The van der Waals surface area contributed by atoms with Crippen molar-refractivity contribution in [1.82, 2.24) is 5.43 Å². The average Bonchev–Trinajstić information content (AvgIpc) is 2.54. The maximum atomic E-state index is 11.5. The fourth-order valence-corrected chi connectivity index (χ4v) is 3.06. The predicted molar refractivity (Wildman–Crippen MR) is 93.3 cm³/mol. The van der Waals surface area contributed by atoms with Crippen molar-refractivity contribution < 1.29 is 9.53 Å². The second kappa shape index (κ2) is 8.56. The molecule has 1 fully saturated rings. The molecule has 5 heteroatoms. The van der Waals surface area contributed by atoms with E-state index in [1.807, 2.05) is 19.1 Å². The fourth-order valence-electron chi connectivity index (χ4n) is 3.06. The van der Waals surface area contributed by atoms with Crippen LogP contribution in [0.15, 0.2) is 23.3 Å². The summed E-state index contributed by atoms with van der Waals surface area (Å²) in [5.41, 5.74) is 12.9. The quantitative estimate of drug-likeness (QED) is 0.366. The molecule has 3 N–H and O–H groups in total. The third kappa shape index (κ3) is 4.98. The molecule has 0 aromatic heterocycles. The van der Waals surface area contributed by atoms with Crippen molar-refractivity contribution in [3.05, 3.63) is 29.3 Å². The Morgan fingerprint density at radius 2 is 2.09 bits per heavy atom. The normalized spacial score (nSPS) is 16.2. The Balaban J connectivity index is 2.18. The summed E-state index contributed by atoms with van der Waals surface area (Å²) < 4.78 is 4.92. The molecule has 1 aromatic rings. The number of nitrogens with two attached hydrogens (primary N) is 1. The van der Waals surface area contributed by atoms with Gasteiger partial charge in [0.15, 0.2) is 0 Å². The van der Waals surface area contributed by atoms with Gasteiger partial charge in [0.2, 0.25) is 0 Å². The number of hydrogen-bond donors (Lipinski definition) is 2. The van der Waals surface area contributed by atoms with Gasteiger partial charge >= 0.3 is 5.97 Å². The number of nitrogen functional groups attached to an aromatic ring is 1. The Morgan fingerprint density at radius 3 is 2.74 bits per heavy atom. The highest BCUT2D eigenvalue weighted by atomic mass is 16.5. The number of hydrogen-bond acceptors (Lipinski definition) is 5. The molecule has 0 heterocycles. The molecule has 0 saturated heterocycles. The second-order valence-corrected chi connectivity index (χ2v) is 6.06. The lowest BCUT2D eigenvalue weighted by Gasteiger charge is -2.24. The van der Waals surface area contributed by atoms with Crippen molar-refractivity contribution in [2.45, 2.75) is 46.0 Å². The van der Waals surface area contributed by atoms with Crippen LogP contribution in [0.3, 0.4) is 0 Å². The number of carbonyl (C=O) groups is 1. The van der Waals surface area contributed by atoms with Crippen molar-refractivity contribution in [2.75, 3.05) is 18.9 Å². The van der Waals surface area contributed by atoms with Crippen molar-refractivity contribution in [2.24, 2.45) is 11.0 Å². The van der Waals surface area contributed by atoms with E-state index < -0.39 is 0 Å². The molecule has 1 aliphatic carbocycles. The van der Waals surface area contributed by atoms with Gasteiger partial charge < -0.3 is 10.5 Å². The predicted octanol–water partition coefficient (Wildman–Crippen LogP) is 3.01. The third-order valence-corrected chi connectivity index (χ3v) is 4.20. The molecule has 1 aliphatic rings. The van der Waals surface area contributed by atoms with E-state index in [0.717, 1.165) is 35.4 Å². The van der Waals surface area contributed by atoms with Crippen LogP contribution in [0, 0.1) is 12.8 Å². The van der Waals surface area contributed by atoms with Crippen LogP contribution in [-0.4, -0.2) is 24.8 Å². The highest BCUT2D eigenvalue weighted by Crippen LogP contribution is 2.29. The fraction of sp³-hybridized carbons (Fsp3) is 0.556. The minimum Gasteiger partial charge on any atom is -0.465 e. The number of aryl methyl sites for hydroxylation is 1. The Bertz CT molecular complexity index is 563. The lowest BCUT2D eigenvalue weighted by Crippen LogP contribution is -2.26. The second-order valence-electron chi connectivity index (χ2n) is 6.06. The summed E-state index contributed by atoms with van der Waals surface area (Å²) in [6, 6.07) is 6.05. The molecule has 1 aromatic carbocycles. The molecule has 0 aliphatic heterocycles. The molecule has 126 valence electrons. The Morgan fingerprint density at radius 1 is 1.35 bits per heavy atom. The minimum absolute atomic E-state index is 0.0792. The molecule has 0 unspecified atom stereocenters. The molecular weight excluding hydrogens is 290 g/mol. The number of carbonyl (C=O) groups excluding carboxylic acids is 1. The Labute approximate surface area is 138 Å². The largest absolute Gasteiger partial charge is 0.465 e. The van der Waals surface area contributed by atoms with Gasteiger partial charge in [0, 0.05) is 17.2 Å². The van der Waals surface area contributed by atoms with Gasteiger partial charge in [0.05, 0.1) is 12.3 Å². The maximum Gasteiger partial charge on any atom is 0.327 e. The number of hydrazone groups is 1. The average molecular weight is 317 g/mol. The highest BCUT2D eigenvalue weighted by molar-refractivity contribution is 6.06. The van der Waals surface area contributed by atoms with Gasteiger partial charge in [-0.3, -0.25) is 10.2 Å². The van der Waals surface area contributed by atoms with Crippen LogP contribution >= 0.6 is 0 Å². The van der Waals surface area contributed by atoms with Gasteiger partial charge in [0.1, 0.15) is 6.54 Å². The van der Waals surface area contributed by atoms with E-state index in [0.29, 0.717) is 12.5 Å². The summed E-state index contributed by atoms with van der Waals surface area (Å²) in [6.45, 7) is 4.28. The number of nitrogens with one attached hydrogen (secondary N) is 1. The number of benzene rings is 1. The molecule has 5 nitrogen and oxygen atoms in total. The smallest absolute Gasteiger partial charge is 0.327 e.